The normalized spacial score (nSPS) is 13.1. The molecule has 19 heavy (non-hydrogen) atoms. The van der Waals surface area contributed by atoms with Crippen molar-refractivity contribution in [3.05, 3.63) is 29.6 Å². The second-order valence-electron chi connectivity index (χ2n) is 4.02. The third-order valence-corrected chi connectivity index (χ3v) is 2.50. The maximum Gasteiger partial charge on any atom is 0.416 e. The van der Waals surface area contributed by atoms with E-state index in [1.54, 1.807) is 6.92 Å². The molecule has 0 aliphatic carbocycles. The van der Waals surface area contributed by atoms with Crippen molar-refractivity contribution >= 4 is 11.7 Å². The number of hydrogen-bond donors (Lipinski definition) is 2. The first-order chi connectivity index (χ1) is 8.75. The van der Waals surface area contributed by atoms with Crippen LogP contribution in [0.3, 0.4) is 0 Å². The number of carboxylic acid groups (broad SMARTS) is 1. The molecule has 2 N–H and O–H groups in total. The third-order valence-electron chi connectivity index (χ3n) is 2.50. The number of carboxylic acids is 1. The number of rotatable bonds is 5. The number of aliphatic carboxylic acids is 1. The van der Waals surface area contributed by atoms with Gasteiger partial charge in [0.25, 0.3) is 0 Å². The van der Waals surface area contributed by atoms with Gasteiger partial charge in [0.2, 0.25) is 0 Å². The van der Waals surface area contributed by atoms with Crippen LogP contribution in [0.15, 0.2) is 18.2 Å². The molecule has 1 rings (SSSR count). The van der Waals surface area contributed by atoms with Crippen molar-refractivity contribution < 1.29 is 27.5 Å². The molecule has 0 heterocycles. The fourth-order valence-electron chi connectivity index (χ4n) is 1.55. The van der Waals surface area contributed by atoms with Gasteiger partial charge in [-0.3, -0.25) is 0 Å². The molecule has 0 aliphatic rings. The molecule has 0 spiro atoms. The molecule has 7 heteroatoms. The van der Waals surface area contributed by atoms with Gasteiger partial charge in [-0.1, -0.05) is 13.3 Å². The van der Waals surface area contributed by atoms with Crippen molar-refractivity contribution in [2.24, 2.45) is 0 Å². The van der Waals surface area contributed by atoms with Crippen molar-refractivity contribution in [1.29, 1.82) is 0 Å². The Morgan fingerprint density at radius 2 is 2.05 bits per heavy atom. The smallest absolute Gasteiger partial charge is 0.416 e. The second-order valence-corrected chi connectivity index (χ2v) is 4.02. The standard InChI is InChI=1S/C12H13F4NO2/c1-2-3-9(11(18)19)17-10-6-7(12(14,15)16)4-5-8(10)13/h4-6,9,17H,2-3H2,1H3,(H,18,19). The van der Waals surface area contributed by atoms with Crippen LogP contribution in [0.2, 0.25) is 0 Å². The van der Waals surface area contributed by atoms with Gasteiger partial charge in [0, 0.05) is 0 Å². The Labute approximate surface area is 107 Å². The highest BCUT2D eigenvalue weighted by Crippen LogP contribution is 2.32. The van der Waals surface area contributed by atoms with Gasteiger partial charge in [-0.15, -0.1) is 0 Å². The van der Waals surface area contributed by atoms with E-state index in [0.717, 1.165) is 0 Å². The Morgan fingerprint density at radius 3 is 2.53 bits per heavy atom. The largest absolute Gasteiger partial charge is 0.480 e. The van der Waals surface area contributed by atoms with Crippen LogP contribution in [0, 0.1) is 5.82 Å². The lowest BCUT2D eigenvalue weighted by molar-refractivity contribution is -0.138. The van der Waals surface area contributed by atoms with Crippen LogP contribution >= 0.6 is 0 Å². The summed E-state index contributed by atoms with van der Waals surface area (Å²) < 4.78 is 50.8. The molecule has 0 fully saturated rings. The maximum absolute atomic E-state index is 13.4. The molecular formula is C12H13F4NO2. The van der Waals surface area contributed by atoms with E-state index in [1.807, 2.05) is 0 Å². The average Bonchev–Trinajstić information content (AvgIpc) is 2.29. The number of halogens is 4. The number of carbonyl (C=O) groups is 1. The molecule has 1 aromatic rings. The fourth-order valence-corrected chi connectivity index (χ4v) is 1.55. The first kappa shape index (κ1) is 15.3. The summed E-state index contributed by atoms with van der Waals surface area (Å²) in [5, 5.41) is 11.2. The van der Waals surface area contributed by atoms with Gasteiger partial charge in [-0.05, 0) is 24.6 Å². The maximum atomic E-state index is 13.4. The van der Waals surface area contributed by atoms with E-state index in [0.29, 0.717) is 24.6 Å². The van der Waals surface area contributed by atoms with Gasteiger partial charge >= 0.3 is 12.1 Å². The van der Waals surface area contributed by atoms with Gasteiger partial charge < -0.3 is 10.4 Å². The molecule has 0 saturated carbocycles. The number of nitrogens with one attached hydrogen (secondary N) is 1. The number of hydrogen-bond acceptors (Lipinski definition) is 2. The first-order valence-corrected chi connectivity index (χ1v) is 5.61. The lowest BCUT2D eigenvalue weighted by Gasteiger charge is -2.17. The van der Waals surface area contributed by atoms with Gasteiger partial charge in [0.15, 0.2) is 0 Å². The summed E-state index contributed by atoms with van der Waals surface area (Å²) in [4.78, 5) is 10.9. The molecule has 3 nitrogen and oxygen atoms in total. The second kappa shape index (κ2) is 5.90. The highest BCUT2D eigenvalue weighted by atomic mass is 19.4. The van der Waals surface area contributed by atoms with Gasteiger partial charge in [-0.25, -0.2) is 9.18 Å². The monoisotopic (exact) mass is 279 g/mol. The summed E-state index contributed by atoms with van der Waals surface area (Å²) in [5.74, 6) is -2.16. The van der Waals surface area contributed by atoms with Crippen molar-refractivity contribution in [2.75, 3.05) is 5.32 Å². The summed E-state index contributed by atoms with van der Waals surface area (Å²) >= 11 is 0. The number of benzene rings is 1. The van der Waals surface area contributed by atoms with Gasteiger partial charge in [-0.2, -0.15) is 13.2 Å². The van der Waals surface area contributed by atoms with Gasteiger partial charge in [0.05, 0.1) is 11.3 Å². The minimum atomic E-state index is -4.60. The molecule has 1 aromatic carbocycles. The minimum absolute atomic E-state index is 0.186. The zero-order valence-electron chi connectivity index (χ0n) is 10.1. The van der Waals surface area contributed by atoms with Crippen molar-refractivity contribution in [1.82, 2.24) is 0 Å². The average molecular weight is 279 g/mol. The van der Waals surface area contributed by atoms with Crippen molar-refractivity contribution in [3.8, 4) is 0 Å². The molecule has 1 atom stereocenters. The van der Waals surface area contributed by atoms with Crippen LogP contribution in [0.4, 0.5) is 23.2 Å². The summed E-state index contributed by atoms with van der Waals surface area (Å²) in [6, 6.07) is 0.718. The molecule has 0 saturated heterocycles. The molecule has 1 unspecified atom stereocenters. The van der Waals surface area contributed by atoms with Crippen molar-refractivity contribution in [2.45, 2.75) is 32.0 Å². The summed E-state index contributed by atoms with van der Waals surface area (Å²) in [7, 11) is 0. The Bertz CT molecular complexity index is 460. The van der Waals surface area contributed by atoms with E-state index in [-0.39, 0.29) is 6.42 Å². The molecule has 106 valence electrons. The topological polar surface area (TPSA) is 49.3 Å². The quantitative estimate of drug-likeness (QED) is 0.811. The van der Waals surface area contributed by atoms with Crippen LogP contribution in [-0.2, 0) is 11.0 Å². The number of alkyl halides is 3. The van der Waals surface area contributed by atoms with E-state index in [9.17, 15) is 22.4 Å². The first-order valence-electron chi connectivity index (χ1n) is 5.61. The molecule has 0 aliphatic heterocycles. The zero-order chi connectivity index (χ0) is 14.6. The molecule has 0 bridgehead atoms. The van der Waals surface area contributed by atoms with E-state index in [4.69, 9.17) is 5.11 Å². The Morgan fingerprint density at radius 1 is 1.42 bits per heavy atom. The molecule has 0 aromatic heterocycles. The Hall–Kier alpha value is -1.79. The lowest BCUT2D eigenvalue weighted by Crippen LogP contribution is -2.29. The highest BCUT2D eigenvalue weighted by molar-refractivity contribution is 5.77. The Kier molecular flexibility index (Phi) is 4.74. The molecular weight excluding hydrogens is 266 g/mol. The highest BCUT2D eigenvalue weighted by Gasteiger charge is 2.31. The number of anilines is 1. The van der Waals surface area contributed by atoms with Crippen LogP contribution in [-0.4, -0.2) is 17.1 Å². The molecule has 0 amide bonds. The molecule has 0 radical (unpaired) electrons. The van der Waals surface area contributed by atoms with Crippen molar-refractivity contribution in [3.63, 3.8) is 0 Å². The van der Waals surface area contributed by atoms with Crippen LogP contribution in [0.25, 0.3) is 0 Å². The minimum Gasteiger partial charge on any atom is -0.480 e. The zero-order valence-corrected chi connectivity index (χ0v) is 10.1. The van der Waals surface area contributed by atoms with Crippen LogP contribution < -0.4 is 5.32 Å². The third kappa shape index (κ3) is 4.11. The fraction of sp³-hybridized carbons (Fsp3) is 0.417. The van der Waals surface area contributed by atoms with Crippen LogP contribution in [0.5, 0.6) is 0 Å². The van der Waals surface area contributed by atoms with E-state index < -0.39 is 35.3 Å². The summed E-state index contributed by atoms with van der Waals surface area (Å²) in [6.45, 7) is 1.72. The van der Waals surface area contributed by atoms with Gasteiger partial charge in [0.1, 0.15) is 11.9 Å². The van der Waals surface area contributed by atoms with E-state index in [1.165, 1.54) is 0 Å². The summed E-state index contributed by atoms with van der Waals surface area (Å²) in [6.07, 6.45) is -3.91. The van der Waals surface area contributed by atoms with Crippen LogP contribution in [0.1, 0.15) is 25.3 Å². The van der Waals surface area contributed by atoms with E-state index in [2.05, 4.69) is 5.32 Å². The lowest BCUT2D eigenvalue weighted by atomic mass is 10.1. The summed E-state index contributed by atoms with van der Waals surface area (Å²) in [5.41, 5.74) is -1.49. The Balaban J connectivity index is 3.02. The van der Waals surface area contributed by atoms with E-state index >= 15 is 0 Å². The predicted octanol–water partition coefficient (Wildman–Crippen LogP) is 3.51. The predicted molar refractivity (Wildman–Crippen MR) is 61.4 cm³/mol. The SMILES string of the molecule is CCCC(Nc1cc(C(F)(F)F)ccc1F)C(=O)O.